The molecule has 5 aliphatic rings. The minimum atomic E-state index is -0.544. The van der Waals surface area contributed by atoms with Gasteiger partial charge >= 0.3 is 0 Å². The number of likely N-dealkylation sites (tertiary alicyclic amines) is 1. The van der Waals surface area contributed by atoms with Crippen LogP contribution in [0.1, 0.15) is 49.8 Å². The lowest BCUT2D eigenvalue weighted by molar-refractivity contribution is 0.0888. The van der Waals surface area contributed by atoms with Crippen LogP contribution < -0.4 is 10.9 Å². The van der Waals surface area contributed by atoms with E-state index < -0.39 is 12.0 Å². The number of fused-ring (bicyclic) bond motifs is 4. The van der Waals surface area contributed by atoms with Crippen LogP contribution in [-0.2, 0) is 31.1 Å². The number of carbonyl (C=O) groups is 1. The second-order valence-corrected chi connectivity index (χ2v) is 12.6. The normalized spacial score (nSPS) is 33.3. The average Bonchev–Trinajstić information content (AvgIpc) is 3.48. The van der Waals surface area contributed by atoms with Crippen molar-refractivity contribution in [2.24, 2.45) is 17.8 Å². The molecule has 39 heavy (non-hydrogen) atoms. The third kappa shape index (κ3) is 3.11. The van der Waals surface area contributed by atoms with E-state index >= 15 is 0 Å². The number of piperidine rings is 1. The van der Waals surface area contributed by atoms with E-state index in [1.807, 2.05) is 36.4 Å². The maximum absolute atomic E-state index is 13.3. The van der Waals surface area contributed by atoms with Crippen LogP contribution in [0.2, 0.25) is 0 Å². The van der Waals surface area contributed by atoms with E-state index in [1.165, 1.54) is 11.1 Å². The summed E-state index contributed by atoms with van der Waals surface area (Å²) in [5.41, 5.74) is 6.42. The van der Waals surface area contributed by atoms with Crippen molar-refractivity contribution in [1.29, 1.82) is 0 Å². The number of pyridine rings is 1. The molecule has 2 unspecified atom stereocenters. The minimum absolute atomic E-state index is 0.0973. The van der Waals surface area contributed by atoms with Gasteiger partial charge in [0.05, 0.1) is 6.10 Å². The molecular formula is C32H33N3O4. The monoisotopic (exact) mass is 523 g/mol. The molecule has 1 saturated heterocycles. The fraction of sp³-hybridized carbons (Fsp3) is 0.438. The third-order valence-electron chi connectivity index (χ3n) is 10.9. The number of aromatic hydroxyl groups is 1. The minimum Gasteiger partial charge on any atom is -0.508 e. The van der Waals surface area contributed by atoms with Gasteiger partial charge in [0.25, 0.3) is 11.5 Å². The zero-order chi connectivity index (χ0) is 26.6. The molecule has 2 heterocycles. The first kappa shape index (κ1) is 23.5. The van der Waals surface area contributed by atoms with Crippen molar-refractivity contribution in [2.45, 2.75) is 49.2 Å². The average molecular weight is 524 g/mol. The van der Waals surface area contributed by atoms with Crippen molar-refractivity contribution in [1.82, 2.24) is 15.2 Å². The third-order valence-corrected chi connectivity index (χ3v) is 10.9. The molecular weight excluding hydrogens is 490 g/mol. The Kier molecular flexibility index (Phi) is 4.85. The number of aliphatic hydroxyl groups excluding tert-OH is 1. The van der Waals surface area contributed by atoms with Gasteiger partial charge in [-0.1, -0.05) is 30.3 Å². The molecule has 7 nitrogen and oxygen atoms in total. The predicted octanol–water partition coefficient (Wildman–Crippen LogP) is 2.28. The van der Waals surface area contributed by atoms with Gasteiger partial charge in [0.15, 0.2) is 0 Å². The predicted molar refractivity (Wildman–Crippen MR) is 146 cm³/mol. The molecule has 200 valence electrons. The highest BCUT2D eigenvalue weighted by Crippen LogP contribution is 2.66. The molecule has 4 aliphatic carbocycles. The van der Waals surface area contributed by atoms with Gasteiger partial charge in [-0.3, -0.25) is 9.59 Å². The first-order valence-corrected chi connectivity index (χ1v) is 14.2. The molecule has 2 aromatic carbocycles. The standard InChI is InChI=1S/C32H33N3O4/c1-35-15-26-21-8-17-6-7-19(36)12-24(17)32(26)13-27-18(10-25(32)29(21)35)9-22(31(39)34-27)30(38)33-14-23-20-5-3-2-4-16(20)11-28(23)37/h2-7,9,12,21,23,25-26,28-29,36-37H,8,10-11,13-15H2,1H3,(H,33,38)(H,34,39)/t21?,23-,25-,26?,28+,29+,32-/m0/s1. The second kappa shape index (κ2) is 8.05. The first-order chi connectivity index (χ1) is 18.8. The van der Waals surface area contributed by atoms with Gasteiger partial charge in [-0.25, -0.2) is 0 Å². The summed E-state index contributed by atoms with van der Waals surface area (Å²) in [4.78, 5) is 32.1. The Morgan fingerprint density at radius 1 is 1.08 bits per heavy atom. The number of hydrogen-bond donors (Lipinski definition) is 4. The molecule has 1 spiro atoms. The lowest BCUT2D eigenvalue weighted by atomic mass is 9.55. The van der Waals surface area contributed by atoms with Gasteiger partial charge in [-0.05, 0) is 96.5 Å². The Balaban J connectivity index is 1.12. The number of phenols is 1. The zero-order valence-corrected chi connectivity index (χ0v) is 22.0. The van der Waals surface area contributed by atoms with Crippen molar-refractivity contribution in [2.75, 3.05) is 20.1 Å². The van der Waals surface area contributed by atoms with E-state index in [0.29, 0.717) is 36.0 Å². The van der Waals surface area contributed by atoms with E-state index in [1.54, 1.807) is 6.07 Å². The number of amides is 1. The zero-order valence-electron chi connectivity index (χ0n) is 22.0. The van der Waals surface area contributed by atoms with Gasteiger partial charge in [0, 0.05) is 36.2 Å². The van der Waals surface area contributed by atoms with Gasteiger partial charge in [0.1, 0.15) is 11.3 Å². The number of phenolic OH excluding ortho intramolecular Hbond substituents is 1. The topological polar surface area (TPSA) is 106 Å². The van der Waals surface area contributed by atoms with Crippen LogP contribution in [0.5, 0.6) is 5.75 Å². The Morgan fingerprint density at radius 3 is 2.79 bits per heavy atom. The van der Waals surface area contributed by atoms with Crippen molar-refractivity contribution in [3.63, 3.8) is 0 Å². The summed E-state index contributed by atoms with van der Waals surface area (Å²) in [6, 6.07) is 16.1. The van der Waals surface area contributed by atoms with Crippen LogP contribution in [0, 0.1) is 17.8 Å². The number of aromatic amines is 1. The van der Waals surface area contributed by atoms with Gasteiger partial charge in [0.2, 0.25) is 0 Å². The van der Waals surface area contributed by atoms with E-state index in [0.717, 1.165) is 48.2 Å². The lowest BCUT2D eigenvalue weighted by Gasteiger charge is -2.51. The summed E-state index contributed by atoms with van der Waals surface area (Å²) >= 11 is 0. The van der Waals surface area contributed by atoms with Crippen LogP contribution in [0.4, 0.5) is 0 Å². The summed E-state index contributed by atoms with van der Waals surface area (Å²) in [6.07, 6.45) is 2.61. The molecule has 1 saturated carbocycles. The van der Waals surface area contributed by atoms with Crippen LogP contribution in [0.3, 0.4) is 0 Å². The van der Waals surface area contributed by atoms with Gasteiger partial charge in [-0.15, -0.1) is 0 Å². The lowest BCUT2D eigenvalue weighted by Crippen LogP contribution is -2.54. The van der Waals surface area contributed by atoms with E-state index in [4.69, 9.17) is 0 Å². The largest absolute Gasteiger partial charge is 0.508 e. The van der Waals surface area contributed by atoms with Crippen LogP contribution in [-0.4, -0.2) is 58.3 Å². The van der Waals surface area contributed by atoms with Gasteiger partial charge in [-0.2, -0.15) is 0 Å². The summed E-state index contributed by atoms with van der Waals surface area (Å²) in [7, 11) is 2.23. The Hall–Kier alpha value is -3.42. The summed E-state index contributed by atoms with van der Waals surface area (Å²) in [6.45, 7) is 1.33. The van der Waals surface area contributed by atoms with Crippen LogP contribution >= 0.6 is 0 Å². The molecule has 1 amide bonds. The molecule has 0 radical (unpaired) electrons. The number of hydrogen-bond acceptors (Lipinski definition) is 5. The number of nitrogens with one attached hydrogen (secondary N) is 2. The number of aromatic nitrogens is 1. The summed E-state index contributed by atoms with van der Waals surface area (Å²) in [5.74, 6) is 1.16. The SMILES string of the molecule is CN1CC2C3Cc4ccc(O)cc4[C@]24Cc2[nH]c(=O)c(C(=O)NC[C@H]5c6ccccc6C[C@H]5O)cc2C[C@H]4[C@@H]31. The highest BCUT2D eigenvalue weighted by Gasteiger charge is 2.68. The van der Waals surface area contributed by atoms with E-state index in [2.05, 4.69) is 28.3 Å². The second-order valence-electron chi connectivity index (χ2n) is 12.6. The quantitative estimate of drug-likeness (QED) is 0.422. The summed E-state index contributed by atoms with van der Waals surface area (Å²) in [5, 5.41) is 24.0. The fourth-order valence-electron chi connectivity index (χ4n) is 9.46. The summed E-state index contributed by atoms with van der Waals surface area (Å²) < 4.78 is 0. The van der Waals surface area contributed by atoms with Crippen molar-refractivity contribution < 1.29 is 15.0 Å². The van der Waals surface area contributed by atoms with Gasteiger partial charge < -0.3 is 25.4 Å². The fourth-order valence-corrected chi connectivity index (χ4v) is 9.46. The number of carbonyl (C=O) groups excluding carboxylic acids is 1. The smallest absolute Gasteiger partial charge is 0.261 e. The first-order valence-electron chi connectivity index (χ1n) is 14.2. The highest BCUT2D eigenvalue weighted by molar-refractivity contribution is 5.94. The maximum Gasteiger partial charge on any atom is 0.261 e. The van der Waals surface area contributed by atoms with E-state index in [9.17, 15) is 19.8 Å². The molecule has 1 aromatic heterocycles. The Labute approximate surface area is 226 Å². The molecule has 7 heteroatoms. The molecule has 4 bridgehead atoms. The van der Waals surface area contributed by atoms with Crippen LogP contribution in [0.25, 0.3) is 0 Å². The molecule has 2 fully saturated rings. The van der Waals surface area contributed by atoms with Crippen molar-refractivity contribution in [3.05, 3.63) is 98.0 Å². The number of aliphatic hydroxyl groups is 1. The number of benzene rings is 2. The molecule has 7 atom stereocenters. The Morgan fingerprint density at radius 2 is 1.92 bits per heavy atom. The van der Waals surface area contributed by atoms with E-state index in [-0.39, 0.29) is 29.0 Å². The maximum atomic E-state index is 13.3. The molecule has 4 N–H and O–H groups in total. The highest BCUT2D eigenvalue weighted by atomic mass is 16.3. The Bertz CT molecular complexity index is 1600. The van der Waals surface area contributed by atoms with Crippen LogP contribution in [0.15, 0.2) is 53.3 Å². The van der Waals surface area contributed by atoms with Crippen molar-refractivity contribution in [3.8, 4) is 5.75 Å². The number of rotatable bonds is 3. The molecule has 3 aromatic rings. The molecule has 1 aliphatic heterocycles. The van der Waals surface area contributed by atoms with Crippen molar-refractivity contribution >= 4 is 5.91 Å². The number of H-pyrrole nitrogens is 1. The molecule has 8 rings (SSSR count). The number of nitrogens with zero attached hydrogens (tertiary/aromatic N) is 1.